The lowest BCUT2D eigenvalue weighted by Crippen LogP contribution is -2.32. The van der Waals surface area contributed by atoms with E-state index in [1.807, 2.05) is 0 Å². The Morgan fingerprint density at radius 3 is 3.04 bits per heavy atom. The molecule has 1 aliphatic rings. The summed E-state index contributed by atoms with van der Waals surface area (Å²) < 4.78 is 24.3. The Morgan fingerprint density at radius 2 is 2.25 bits per heavy atom. The van der Waals surface area contributed by atoms with E-state index >= 15 is 0 Å². The third-order valence-electron chi connectivity index (χ3n) is 4.37. The number of amides is 1. The van der Waals surface area contributed by atoms with Crippen LogP contribution in [-0.4, -0.2) is 50.7 Å². The van der Waals surface area contributed by atoms with E-state index in [9.17, 15) is 9.18 Å². The van der Waals surface area contributed by atoms with Crippen molar-refractivity contribution in [3.8, 4) is 17.3 Å². The lowest BCUT2D eigenvalue weighted by molar-refractivity contribution is -0.132. The lowest BCUT2D eigenvalue weighted by atomic mass is 10.1. The van der Waals surface area contributed by atoms with E-state index in [4.69, 9.17) is 20.8 Å². The average molecular weight is 404 g/mol. The molecule has 1 saturated heterocycles. The van der Waals surface area contributed by atoms with Crippen LogP contribution in [0.1, 0.15) is 18.2 Å². The van der Waals surface area contributed by atoms with Crippen LogP contribution in [0.2, 0.25) is 5.02 Å². The second-order valence-corrected chi connectivity index (χ2v) is 6.63. The van der Waals surface area contributed by atoms with Crippen LogP contribution in [0.3, 0.4) is 0 Å². The predicted molar refractivity (Wildman–Crippen MR) is 96.2 cm³/mol. The van der Waals surface area contributed by atoms with Gasteiger partial charge in [-0.15, -0.1) is 10.2 Å². The molecule has 144 valence electrons. The first-order chi connectivity index (χ1) is 13.6. The van der Waals surface area contributed by atoms with Crippen molar-refractivity contribution >= 4 is 17.5 Å². The van der Waals surface area contributed by atoms with Crippen molar-refractivity contribution in [1.29, 1.82) is 0 Å². The number of ether oxygens (including phenoxy) is 1. The first-order valence-corrected chi connectivity index (χ1v) is 8.93. The molecule has 0 aliphatic carbocycles. The Labute approximate surface area is 164 Å². The molecule has 2 aromatic heterocycles. The molecule has 0 bridgehead atoms. The van der Waals surface area contributed by atoms with Crippen molar-refractivity contribution in [1.82, 2.24) is 25.1 Å². The molecule has 0 radical (unpaired) electrons. The van der Waals surface area contributed by atoms with Crippen LogP contribution in [0.25, 0.3) is 11.6 Å². The molecule has 1 amide bonds. The second-order valence-electron chi connectivity index (χ2n) is 6.23. The van der Waals surface area contributed by atoms with Gasteiger partial charge in [-0.1, -0.05) is 11.6 Å². The third-order valence-corrected chi connectivity index (χ3v) is 4.66. The zero-order valence-corrected chi connectivity index (χ0v) is 15.3. The van der Waals surface area contributed by atoms with E-state index in [0.717, 1.165) is 0 Å². The Balaban J connectivity index is 1.34. The van der Waals surface area contributed by atoms with Gasteiger partial charge in [-0.25, -0.2) is 9.37 Å². The quantitative estimate of drug-likeness (QED) is 0.646. The topological polar surface area (TPSA) is 94.2 Å². The molecule has 28 heavy (non-hydrogen) atoms. The fourth-order valence-electron chi connectivity index (χ4n) is 2.90. The Kier molecular flexibility index (Phi) is 5.16. The number of nitrogens with zero attached hydrogens (tertiary/aromatic N) is 5. The van der Waals surface area contributed by atoms with Gasteiger partial charge in [0, 0.05) is 31.5 Å². The molecule has 1 atom stereocenters. The summed E-state index contributed by atoms with van der Waals surface area (Å²) in [5, 5.41) is 8.02. The van der Waals surface area contributed by atoms with Crippen LogP contribution in [0.5, 0.6) is 5.75 Å². The molecule has 0 spiro atoms. The van der Waals surface area contributed by atoms with Gasteiger partial charge in [0.15, 0.2) is 6.61 Å². The number of rotatable bonds is 5. The van der Waals surface area contributed by atoms with Crippen molar-refractivity contribution in [3.63, 3.8) is 0 Å². The maximum absolute atomic E-state index is 13.2. The second kappa shape index (κ2) is 7.89. The van der Waals surface area contributed by atoms with Crippen molar-refractivity contribution in [2.24, 2.45) is 0 Å². The molecule has 10 heteroatoms. The number of carbonyl (C=O) groups excluding carboxylic acids is 1. The van der Waals surface area contributed by atoms with Crippen LogP contribution in [0.4, 0.5) is 4.39 Å². The van der Waals surface area contributed by atoms with E-state index in [1.54, 1.807) is 23.5 Å². The molecular formula is C18H15ClFN5O3. The molecule has 1 aromatic carbocycles. The van der Waals surface area contributed by atoms with Crippen LogP contribution < -0.4 is 4.74 Å². The molecule has 1 aliphatic heterocycles. The lowest BCUT2D eigenvalue weighted by Gasteiger charge is -2.16. The van der Waals surface area contributed by atoms with Crippen LogP contribution in [0, 0.1) is 5.82 Å². The van der Waals surface area contributed by atoms with Gasteiger partial charge < -0.3 is 14.1 Å². The van der Waals surface area contributed by atoms with Crippen LogP contribution >= 0.6 is 11.6 Å². The zero-order valence-electron chi connectivity index (χ0n) is 14.6. The van der Waals surface area contributed by atoms with Crippen molar-refractivity contribution in [2.45, 2.75) is 12.3 Å². The molecule has 0 N–H and O–H groups in total. The van der Waals surface area contributed by atoms with Crippen molar-refractivity contribution < 1.29 is 18.3 Å². The number of aromatic nitrogens is 4. The molecular weight excluding hydrogens is 389 g/mol. The number of hydrogen-bond donors (Lipinski definition) is 0. The van der Waals surface area contributed by atoms with Gasteiger partial charge in [0.25, 0.3) is 11.8 Å². The molecule has 1 fully saturated rings. The monoisotopic (exact) mass is 403 g/mol. The van der Waals surface area contributed by atoms with Gasteiger partial charge in [-0.05, 0) is 18.6 Å². The normalized spacial score (nSPS) is 16.4. The summed E-state index contributed by atoms with van der Waals surface area (Å²) in [6.07, 6.45) is 5.35. The molecule has 4 rings (SSSR count). The smallest absolute Gasteiger partial charge is 0.267 e. The number of hydrogen-bond acceptors (Lipinski definition) is 7. The highest BCUT2D eigenvalue weighted by Crippen LogP contribution is 2.28. The number of halogens is 2. The van der Waals surface area contributed by atoms with Crippen LogP contribution in [0.15, 0.2) is 41.2 Å². The first kappa shape index (κ1) is 18.3. The van der Waals surface area contributed by atoms with Crippen molar-refractivity contribution in [2.75, 3.05) is 19.7 Å². The molecule has 0 saturated carbocycles. The zero-order chi connectivity index (χ0) is 19.5. The van der Waals surface area contributed by atoms with Gasteiger partial charge in [-0.2, -0.15) is 0 Å². The summed E-state index contributed by atoms with van der Waals surface area (Å²) in [6.45, 7) is 0.845. The number of benzene rings is 1. The maximum Gasteiger partial charge on any atom is 0.267 e. The summed E-state index contributed by atoms with van der Waals surface area (Å²) in [4.78, 5) is 22.1. The highest BCUT2D eigenvalue weighted by atomic mass is 35.5. The first-order valence-electron chi connectivity index (χ1n) is 8.55. The number of carbonyl (C=O) groups is 1. The fraction of sp³-hybridized carbons (Fsp3) is 0.278. The Hall–Kier alpha value is -3.07. The maximum atomic E-state index is 13.2. The largest absolute Gasteiger partial charge is 0.484 e. The summed E-state index contributed by atoms with van der Waals surface area (Å²) in [5.41, 5.74) is 0.499. The number of likely N-dealkylation sites (tertiary alicyclic amines) is 1. The van der Waals surface area contributed by atoms with E-state index in [-0.39, 0.29) is 23.5 Å². The van der Waals surface area contributed by atoms with Crippen LogP contribution in [-0.2, 0) is 4.79 Å². The van der Waals surface area contributed by atoms with Crippen molar-refractivity contribution in [3.05, 3.63) is 53.5 Å². The summed E-state index contributed by atoms with van der Waals surface area (Å²) >= 11 is 5.71. The fourth-order valence-corrected chi connectivity index (χ4v) is 3.07. The molecule has 8 nitrogen and oxygen atoms in total. The third kappa shape index (κ3) is 3.94. The van der Waals surface area contributed by atoms with E-state index in [2.05, 4.69) is 20.2 Å². The van der Waals surface area contributed by atoms with Gasteiger partial charge >= 0.3 is 0 Å². The minimum absolute atomic E-state index is 0.0536. The van der Waals surface area contributed by atoms with Gasteiger partial charge in [0.05, 0.1) is 17.1 Å². The Bertz CT molecular complexity index is 984. The summed E-state index contributed by atoms with van der Waals surface area (Å²) in [6, 6.07) is 3.95. The van der Waals surface area contributed by atoms with Gasteiger partial charge in [0.1, 0.15) is 17.3 Å². The molecule has 3 heterocycles. The average Bonchev–Trinajstić information content (AvgIpc) is 3.39. The Morgan fingerprint density at radius 1 is 1.36 bits per heavy atom. The van der Waals surface area contributed by atoms with Gasteiger partial charge in [-0.3, -0.25) is 9.78 Å². The van der Waals surface area contributed by atoms with E-state index in [1.165, 1.54) is 18.2 Å². The predicted octanol–water partition coefficient (Wildman–Crippen LogP) is 2.71. The SMILES string of the molecule is O=C(COc1ccc(F)c(Cl)c1)N1CCC(c2nnc(-c3cnccn3)o2)C1. The summed E-state index contributed by atoms with van der Waals surface area (Å²) in [7, 11) is 0. The van der Waals surface area contributed by atoms with E-state index in [0.29, 0.717) is 42.7 Å². The van der Waals surface area contributed by atoms with Gasteiger partial charge in [0.2, 0.25) is 5.89 Å². The summed E-state index contributed by atoms with van der Waals surface area (Å²) in [5.74, 6) is 0.314. The molecule has 1 unspecified atom stereocenters. The molecule has 3 aromatic rings. The van der Waals surface area contributed by atoms with E-state index < -0.39 is 5.82 Å². The minimum Gasteiger partial charge on any atom is -0.484 e. The standard InChI is InChI=1S/C18H15ClFN5O3/c19-13-7-12(1-2-14(13)20)27-10-16(26)25-6-3-11(9-25)17-23-24-18(28-17)15-8-21-4-5-22-15/h1-2,4-5,7-8,11H,3,6,9-10H2. The highest BCUT2D eigenvalue weighted by Gasteiger charge is 2.31. The highest BCUT2D eigenvalue weighted by molar-refractivity contribution is 6.30. The minimum atomic E-state index is -0.539.